The first kappa shape index (κ1) is 23.9. The number of aryl methyl sites for hydroxylation is 1. The Kier molecular flexibility index (Phi) is 6.24. The lowest BCUT2D eigenvalue weighted by molar-refractivity contribution is -0.122. The lowest BCUT2D eigenvalue weighted by atomic mass is 9.85. The summed E-state index contributed by atoms with van der Waals surface area (Å²) in [6, 6.07) is 7.84. The second kappa shape index (κ2) is 8.87. The molecule has 1 aliphatic heterocycles. The minimum atomic E-state index is -2.89. The van der Waals surface area contributed by atoms with E-state index in [0.717, 1.165) is 28.1 Å². The molecule has 180 valence electrons. The summed E-state index contributed by atoms with van der Waals surface area (Å²) >= 11 is 0. The maximum atomic E-state index is 14.5. The molecule has 1 aliphatic rings. The Hall–Kier alpha value is -3.20. The molecular weight excluding hydrogens is 443 g/mol. The van der Waals surface area contributed by atoms with Crippen molar-refractivity contribution in [1.29, 1.82) is 0 Å². The number of anilines is 2. The molecule has 0 fully saturated rings. The van der Waals surface area contributed by atoms with E-state index in [4.69, 9.17) is 0 Å². The van der Waals surface area contributed by atoms with Crippen molar-refractivity contribution < 1.29 is 18.0 Å². The Morgan fingerprint density at radius 2 is 1.88 bits per heavy atom. The van der Waals surface area contributed by atoms with E-state index >= 15 is 0 Å². The maximum Gasteiger partial charge on any atom is 0.266 e. The molecule has 0 radical (unpaired) electrons. The number of hydrogen-bond acceptors (Lipinski definition) is 5. The van der Waals surface area contributed by atoms with Gasteiger partial charge in [0, 0.05) is 41.7 Å². The molecule has 34 heavy (non-hydrogen) atoms. The van der Waals surface area contributed by atoms with E-state index < -0.39 is 23.2 Å². The third-order valence-electron chi connectivity index (χ3n) is 6.39. The number of amides is 1. The average Bonchev–Trinajstić information content (AvgIpc) is 2.96. The zero-order valence-corrected chi connectivity index (χ0v) is 19.9. The number of nitrogens with one attached hydrogen (secondary N) is 1. The summed E-state index contributed by atoms with van der Waals surface area (Å²) in [6.07, 6.45) is -2.89. The first-order chi connectivity index (χ1) is 16.0. The van der Waals surface area contributed by atoms with Crippen LogP contribution in [-0.4, -0.2) is 48.2 Å². The lowest BCUT2D eigenvalue weighted by Crippen LogP contribution is -2.39. The second-order valence-electron chi connectivity index (χ2n) is 9.41. The number of hydrogen-bond donors (Lipinski definition) is 1. The van der Waals surface area contributed by atoms with Crippen molar-refractivity contribution in [2.45, 2.75) is 39.2 Å². The van der Waals surface area contributed by atoms with Crippen molar-refractivity contribution in [3.63, 3.8) is 0 Å². The van der Waals surface area contributed by atoms with Crippen LogP contribution >= 0.6 is 0 Å². The van der Waals surface area contributed by atoms with Crippen molar-refractivity contribution in [2.24, 2.45) is 0 Å². The number of nitrogens with zero attached hydrogens (tertiary/aromatic N) is 4. The molecule has 0 spiro atoms. The molecule has 0 saturated carbocycles. The van der Waals surface area contributed by atoms with Gasteiger partial charge in [0.15, 0.2) is 5.82 Å². The molecule has 2 aromatic carbocycles. The number of fused-ring (bicyclic) bond motifs is 2. The van der Waals surface area contributed by atoms with Gasteiger partial charge in [-0.05, 0) is 52.6 Å². The molecule has 1 aromatic heterocycles. The van der Waals surface area contributed by atoms with Crippen LogP contribution in [0.25, 0.3) is 10.8 Å². The van der Waals surface area contributed by atoms with Gasteiger partial charge in [0.1, 0.15) is 5.82 Å². The van der Waals surface area contributed by atoms with Crippen molar-refractivity contribution >= 4 is 28.2 Å². The third kappa shape index (κ3) is 4.09. The summed E-state index contributed by atoms with van der Waals surface area (Å²) in [7, 11) is 3.91. The van der Waals surface area contributed by atoms with Crippen LogP contribution in [0.1, 0.15) is 42.7 Å². The van der Waals surface area contributed by atoms with Crippen molar-refractivity contribution in [3.05, 3.63) is 58.5 Å². The van der Waals surface area contributed by atoms with Crippen LogP contribution in [0.3, 0.4) is 0 Å². The fourth-order valence-electron chi connectivity index (χ4n) is 4.34. The molecular formula is C25H28F3N5O. The van der Waals surface area contributed by atoms with Gasteiger partial charge in [-0.3, -0.25) is 4.79 Å². The minimum Gasteiger partial charge on any atom is -0.364 e. The number of rotatable bonds is 7. The lowest BCUT2D eigenvalue weighted by Gasteiger charge is -2.22. The van der Waals surface area contributed by atoms with Gasteiger partial charge < -0.3 is 15.1 Å². The van der Waals surface area contributed by atoms with Crippen LogP contribution in [0.5, 0.6) is 0 Å². The smallest absolute Gasteiger partial charge is 0.266 e. The van der Waals surface area contributed by atoms with Crippen LogP contribution in [0.4, 0.5) is 24.7 Å². The molecule has 6 nitrogen and oxygen atoms in total. The standard InChI is InChI=1S/C25H28F3N5O/c1-14-17-11-19-20(33(10-9-32(4)5)24(34)25(19,2)3)12-18(17)23(31-30-14)29-13-15-7-6-8-16(21(15)26)22(27)28/h6-8,11-12,22H,9-10,13H2,1-5H3,(H,29,31). The molecule has 1 N–H and O–H groups in total. The van der Waals surface area contributed by atoms with Gasteiger partial charge in [-0.1, -0.05) is 18.2 Å². The van der Waals surface area contributed by atoms with Crippen LogP contribution in [0.2, 0.25) is 0 Å². The SMILES string of the molecule is Cc1nnc(NCc2cccc(C(F)F)c2F)c2cc3c(cc12)C(C)(C)C(=O)N3CCN(C)C. The van der Waals surface area contributed by atoms with E-state index in [9.17, 15) is 18.0 Å². The largest absolute Gasteiger partial charge is 0.364 e. The van der Waals surface area contributed by atoms with Gasteiger partial charge in [0.05, 0.1) is 16.7 Å². The Morgan fingerprint density at radius 1 is 1.15 bits per heavy atom. The molecule has 9 heteroatoms. The molecule has 3 aromatic rings. The number of halogens is 3. The third-order valence-corrected chi connectivity index (χ3v) is 6.39. The zero-order valence-electron chi connectivity index (χ0n) is 19.9. The Balaban J connectivity index is 1.75. The van der Waals surface area contributed by atoms with Gasteiger partial charge in [-0.2, -0.15) is 5.10 Å². The van der Waals surface area contributed by atoms with Gasteiger partial charge in [0.2, 0.25) is 5.91 Å². The van der Waals surface area contributed by atoms with E-state index in [1.807, 2.05) is 51.9 Å². The molecule has 1 amide bonds. The van der Waals surface area contributed by atoms with Crippen molar-refractivity contribution in [1.82, 2.24) is 15.1 Å². The van der Waals surface area contributed by atoms with Gasteiger partial charge >= 0.3 is 0 Å². The summed E-state index contributed by atoms with van der Waals surface area (Å²) < 4.78 is 40.7. The van der Waals surface area contributed by atoms with Gasteiger partial charge in [0.25, 0.3) is 6.43 Å². The van der Waals surface area contributed by atoms with Crippen LogP contribution in [0.15, 0.2) is 30.3 Å². The Labute approximate surface area is 196 Å². The fraction of sp³-hybridized carbons (Fsp3) is 0.400. The highest BCUT2D eigenvalue weighted by atomic mass is 19.3. The number of benzene rings is 2. The summed E-state index contributed by atoms with van der Waals surface area (Å²) in [5, 5.41) is 13.1. The average molecular weight is 472 g/mol. The maximum absolute atomic E-state index is 14.5. The Bertz CT molecular complexity index is 1260. The predicted molar refractivity (Wildman–Crippen MR) is 127 cm³/mol. The second-order valence-corrected chi connectivity index (χ2v) is 9.41. The van der Waals surface area contributed by atoms with Crippen molar-refractivity contribution in [2.75, 3.05) is 37.4 Å². The van der Waals surface area contributed by atoms with E-state index in [1.165, 1.54) is 12.1 Å². The molecule has 4 rings (SSSR count). The topological polar surface area (TPSA) is 61.4 Å². The number of aromatic nitrogens is 2. The van der Waals surface area contributed by atoms with Gasteiger partial charge in [-0.15, -0.1) is 5.10 Å². The molecule has 0 saturated heterocycles. The highest BCUT2D eigenvalue weighted by Gasteiger charge is 2.44. The highest BCUT2D eigenvalue weighted by molar-refractivity contribution is 6.11. The molecule has 0 bridgehead atoms. The first-order valence-corrected chi connectivity index (χ1v) is 11.1. The summed E-state index contributed by atoms with van der Waals surface area (Å²) in [4.78, 5) is 17.0. The predicted octanol–water partition coefficient (Wildman–Crippen LogP) is 4.81. The first-order valence-electron chi connectivity index (χ1n) is 11.1. The molecule has 0 unspecified atom stereocenters. The Morgan fingerprint density at radius 3 is 2.56 bits per heavy atom. The molecule has 0 atom stereocenters. The fourth-order valence-corrected chi connectivity index (χ4v) is 4.34. The van der Waals surface area contributed by atoms with E-state index in [0.29, 0.717) is 24.6 Å². The van der Waals surface area contributed by atoms with Crippen LogP contribution in [-0.2, 0) is 16.8 Å². The van der Waals surface area contributed by atoms with E-state index in [2.05, 4.69) is 15.5 Å². The number of carbonyl (C=O) groups excluding carboxylic acids is 1. The monoisotopic (exact) mass is 471 g/mol. The molecule has 2 heterocycles. The van der Waals surface area contributed by atoms with Crippen LogP contribution in [0, 0.1) is 12.7 Å². The quantitative estimate of drug-likeness (QED) is 0.536. The number of alkyl halides is 2. The normalized spacial score (nSPS) is 15.0. The van der Waals surface area contributed by atoms with Gasteiger partial charge in [-0.25, -0.2) is 13.2 Å². The van der Waals surface area contributed by atoms with E-state index in [1.54, 1.807) is 4.90 Å². The summed E-state index contributed by atoms with van der Waals surface area (Å²) in [5.41, 5.74) is 1.22. The summed E-state index contributed by atoms with van der Waals surface area (Å²) in [5.74, 6) is -0.508. The van der Waals surface area contributed by atoms with Crippen molar-refractivity contribution in [3.8, 4) is 0 Å². The number of likely N-dealkylation sites (N-methyl/N-ethyl adjacent to an activating group) is 1. The molecule has 0 aliphatic carbocycles. The highest BCUT2D eigenvalue weighted by Crippen LogP contribution is 2.44. The minimum absolute atomic E-state index is 0.0265. The van der Waals surface area contributed by atoms with Crippen LogP contribution < -0.4 is 10.2 Å². The van der Waals surface area contributed by atoms with E-state index in [-0.39, 0.29) is 18.0 Å². The number of carbonyl (C=O) groups is 1. The summed E-state index contributed by atoms with van der Waals surface area (Å²) in [6.45, 7) is 6.88. The zero-order chi connectivity index (χ0) is 24.8.